The molecule has 0 unspecified atom stereocenters. The summed E-state index contributed by atoms with van der Waals surface area (Å²) in [5.41, 5.74) is 0. The van der Waals surface area contributed by atoms with Crippen LogP contribution in [0.3, 0.4) is 0 Å². The van der Waals surface area contributed by atoms with E-state index in [0.29, 0.717) is 0 Å². The number of hydrogen-bond donors (Lipinski definition) is 0. The van der Waals surface area contributed by atoms with E-state index in [1.807, 2.05) is 0 Å². The fourth-order valence-corrected chi connectivity index (χ4v) is 1.49. The Labute approximate surface area is 90.9 Å². The maximum atomic E-state index is 2.53. The van der Waals surface area contributed by atoms with Gasteiger partial charge in [-0.2, -0.15) is 0 Å². The van der Waals surface area contributed by atoms with Gasteiger partial charge in [-0.3, -0.25) is 4.90 Å². The second kappa shape index (κ2) is 11.0. The molecule has 0 atom stereocenters. The highest BCUT2D eigenvalue weighted by Crippen LogP contribution is 2.06. The zero-order valence-electron chi connectivity index (χ0n) is 10.4. The van der Waals surface area contributed by atoms with Crippen LogP contribution in [0.25, 0.3) is 0 Å². The number of rotatable bonds is 10. The van der Waals surface area contributed by atoms with Gasteiger partial charge in [-0.25, -0.2) is 0 Å². The molecule has 0 aromatic heterocycles. The van der Waals surface area contributed by atoms with E-state index < -0.39 is 0 Å². The first-order valence-electron chi connectivity index (χ1n) is 6.42. The van der Waals surface area contributed by atoms with E-state index in [0.717, 1.165) is 0 Å². The molecule has 0 saturated heterocycles. The Morgan fingerprint density at radius 3 is 1.71 bits per heavy atom. The van der Waals surface area contributed by atoms with E-state index >= 15 is 0 Å². The molecule has 1 radical (unpaired) electrons. The van der Waals surface area contributed by atoms with E-state index in [1.165, 1.54) is 58.0 Å². The molecule has 0 heterocycles. The largest absolute Gasteiger partial charge is 0.299 e. The standard InChI is InChI=1S/C13H28N/c1-4-7-10-13-14(11-8-5-2)12-9-6-3/h13H,4-12H2,1-3H3. The maximum absolute atomic E-state index is 2.53. The SMILES string of the molecule is CCCC[CH]N(CCCC)CCCC. The van der Waals surface area contributed by atoms with Crippen LogP contribution in [0, 0.1) is 6.54 Å². The Morgan fingerprint density at radius 1 is 0.786 bits per heavy atom. The van der Waals surface area contributed by atoms with Crippen LogP contribution in [0.2, 0.25) is 0 Å². The van der Waals surface area contributed by atoms with Crippen molar-refractivity contribution in [3.63, 3.8) is 0 Å². The van der Waals surface area contributed by atoms with E-state index in [2.05, 4.69) is 32.2 Å². The second-order valence-electron chi connectivity index (χ2n) is 4.07. The fraction of sp³-hybridized carbons (Fsp3) is 0.923. The summed E-state index contributed by atoms with van der Waals surface area (Å²) in [6.07, 6.45) is 9.22. The normalized spacial score (nSPS) is 11.1. The number of unbranched alkanes of at least 4 members (excludes halogenated alkanes) is 4. The lowest BCUT2D eigenvalue weighted by atomic mass is 10.2. The smallest absolute Gasteiger partial charge is 0.0251 e. The Balaban J connectivity index is 3.49. The highest BCUT2D eigenvalue weighted by Gasteiger charge is 2.02. The van der Waals surface area contributed by atoms with Gasteiger partial charge in [0.15, 0.2) is 0 Å². The molecule has 0 aliphatic heterocycles. The van der Waals surface area contributed by atoms with Crippen molar-refractivity contribution >= 4 is 0 Å². The lowest BCUT2D eigenvalue weighted by Crippen LogP contribution is -2.23. The summed E-state index contributed by atoms with van der Waals surface area (Å²) in [5, 5.41) is 0. The number of hydrogen-bond acceptors (Lipinski definition) is 1. The summed E-state index contributed by atoms with van der Waals surface area (Å²) in [6.45, 7) is 11.7. The number of nitrogens with zero attached hydrogens (tertiary/aromatic N) is 1. The third-order valence-electron chi connectivity index (χ3n) is 2.54. The quantitative estimate of drug-likeness (QED) is 0.475. The third-order valence-corrected chi connectivity index (χ3v) is 2.54. The molecular weight excluding hydrogens is 170 g/mol. The minimum absolute atomic E-state index is 1.26. The van der Waals surface area contributed by atoms with Crippen LogP contribution in [0.15, 0.2) is 0 Å². The Bertz CT molecular complexity index is 93.4. The highest BCUT2D eigenvalue weighted by atomic mass is 15.1. The first-order valence-corrected chi connectivity index (χ1v) is 6.42. The molecule has 14 heavy (non-hydrogen) atoms. The lowest BCUT2D eigenvalue weighted by Gasteiger charge is -2.21. The summed E-state index contributed by atoms with van der Waals surface area (Å²) < 4.78 is 0. The minimum atomic E-state index is 1.26. The van der Waals surface area contributed by atoms with Crippen molar-refractivity contribution in [1.82, 2.24) is 4.90 Å². The third kappa shape index (κ3) is 8.55. The van der Waals surface area contributed by atoms with Gasteiger partial charge in [0.2, 0.25) is 0 Å². The average Bonchev–Trinajstić information content (AvgIpc) is 2.21. The Kier molecular flexibility index (Phi) is 11.0. The maximum Gasteiger partial charge on any atom is 0.0251 e. The van der Waals surface area contributed by atoms with Crippen molar-refractivity contribution in [2.24, 2.45) is 0 Å². The van der Waals surface area contributed by atoms with Crippen LogP contribution in [0.4, 0.5) is 0 Å². The van der Waals surface area contributed by atoms with Gasteiger partial charge in [0, 0.05) is 6.54 Å². The molecule has 0 rings (SSSR count). The van der Waals surface area contributed by atoms with E-state index in [9.17, 15) is 0 Å². The molecule has 0 bridgehead atoms. The van der Waals surface area contributed by atoms with Gasteiger partial charge >= 0.3 is 0 Å². The van der Waals surface area contributed by atoms with Crippen molar-refractivity contribution in [1.29, 1.82) is 0 Å². The predicted octanol–water partition coefficient (Wildman–Crippen LogP) is 4.24. The Hall–Kier alpha value is -0.0400. The summed E-state index contributed by atoms with van der Waals surface area (Å²) in [6, 6.07) is 0. The van der Waals surface area contributed by atoms with Gasteiger partial charge in [-0.15, -0.1) is 0 Å². The van der Waals surface area contributed by atoms with Crippen molar-refractivity contribution in [2.45, 2.75) is 65.7 Å². The molecule has 0 N–H and O–H groups in total. The summed E-state index contributed by atoms with van der Waals surface area (Å²) in [5.74, 6) is 0. The van der Waals surface area contributed by atoms with Gasteiger partial charge < -0.3 is 0 Å². The second-order valence-corrected chi connectivity index (χ2v) is 4.07. The molecule has 0 spiro atoms. The van der Waals surface area contributed by atoms with Crippen LogP contribution < -0.4 is 0 Å². The predicted molar refractivity (Wildman–Crippen MR) is 65.2 cm³/mol. The lowest BCUT2D eigenvalue weighted by molar-refractivity contribution is 0.310. The first kappa shape index (κ1) is 14.0. The molecule has 0 aliphatic rings. The zero-order chi connectivity index (χ0) is 10.6. The fourth-order valence-electron chi connectivity index (χ4n) is 1.49. The molecule has 0 aromatic carbocycles. The van der Waals surface area contributed by atoms with Gasteiger partial charge in [0.05, 0.1) is 0 Å². The molecule has 0 aromatic rings. The molecule has 0 aliphatic carbocycles. The minimum Gasteiger partial charge on any atom is -0.299 e. The van der Waals surface area contributed by atoms with Crippen molar-refractivity contribution in [2.75, 3.05) is 13.1 Å². The molecule has 1 heteroatoms. The molecule has 0 amide bonds. The van der Waals surface area contributed by atoms with Gasteiger partial charge in [-0.1, -0.05) is 46.5 Å². The first-order chi connectivity index (χ1) is 6.85. The molecule has 85 valence electrons. The van der Waals surface area contributed by atoms with E-state index in [4.69, 9.17) is 0 Å². The Morgan fingerprint density at radius 2 is 1.29 bits per heavy atom. The summed E-state index contributed by atoms with van der Waals surface area (Å²) in [4.78, 5) is 2.53. The van der Waals surface area contributed by atoms with Crippen molar-refractivity contribution in [3.8, 4) is 0 Å². The van der Waals surface area contributed by atoms with Crippen LogP contribution in [0.5, 0.6) is 0 Å². The summed E-state index contributed by atoms with van der Waals surface area (Å²) in [7, 11) is 0. The highest BCUT2D eigenvalue weighted by molar-refractivity contribution is 4.68. The molecule has 0 fully saturated rings. The van der Waals surface area contributed by atoms with E-state index in [1.54, 1.807) is 0 Å². The molecule has 0 saturated carbocycles. The topological polar surface area (TPSA) is 3.24 Å². The van der Waals surface area contributed by atoms with Crippen molar-refractivity contribution in [3.05, 3.63) is 6.54 Å². The molecule has 1 nitrogen and oxygen atoms in total. The van der Waals surface area contributed by atoms with Crippen LogP contribution >= 0.6 is 0 Å². The summed E-state index contributed by atoms with van der Waals surface area (Å²) >= 11 is 0. The van der Waals surface area contributed by atoms with Crippen LogP contribution in [-0.2, 0) is 0 Å². The zero-order valence-corrected chi connectivity index (χ0v) is 10.4. The molecular formula is C13H28N. The van der Waals surface area contributed by atoms with Crippen LogP contribution in [-0.4, -0.2) is 18.0 Å². The van der Waals surface area contributed by atoms with Gasteiger partial charge in [-0.05, 0) is 32.4 Å². The monoisotopic (exact) mass is 198 g/mol. The van der Waals surface area contributed by atoms with E-state index in [-0.39, 0.29) is 0 Å². The average molecular weight is 198 g/mol. The van der Waals surface area contributed by atoms with Crippen LogP contribution in [0.1, 0.15) is 65.7 Å². The van der Waals surface area contributed by atoms with Gasteiger partial charge in [0.25, 0.3) is 0 Å². The van der Waals surface area contributed by atoms with Crippen molar-refractivity contribution < 1.29 is 0 Å². The van der Waals surface area contributed by atoms with Gasteiger partial charge in [0.1, 0.15) is 0 Å².